The maximum atomic E-state index is 10.6. The molecule has 0 heterocycles. The molecule has 1 rings (SSSR count). The summed E-state index contributed by atoms with van der Waals surface area (Å²) in [6.45, 7) is 1.76. The Kier molecular flexibility index (Phi) is 12.0. The zero-order chi connectivity index (χ0) is 16.8. The number of carboxylic acid groups (broad SMARTS) is 2. The van der Waals surface area contributed by atoms with Crippen molar-refractivity contribution in [2.45, 2.75) is 6.82 Å². The van der Waals surface area contributed by atoms with Gasteiger partial charge in [0.1, 0.15) is 5.75 Å². The maximum absolute atomic E-state index is 10.6. The van der Waals surface area contributed by atoms with E-state index in [1.54, 1.807) is 6.82 Å². The second-order valence-electron chi connectivity index (χ2n) is 2.62. The molecule has 0 atom stereocenters. The molecule has 0 fully saturated rings. The van der Waals surface area contributed by atoms with Crippen LogP contribution in [-0.2, 0) is 17.9 Å². The van der Waals surface area contributed by atoms with Gasteiger partial charge in [-0.05, 0) is 19.5 Å². The van der Waals surface area contributed by atoms with Crippen LogP contribution in [0.5, 0.6) is 5.75 Å². The van der Waals surface area contributed by atoms with Gasteiger partial charge in [0.2, 0.25) is 0 Å². The zero-order valence-electron chi connectivity index (χ0n) is 11.0. The molecule has 0 aliphatic rings. The average molecular weight is 366 g/mol. The molecule has 2 N–H and O–H groups in total. The zero-order valence-corrected chi connectivity index (χ0v) is 12.6. The number of rotatable bonds is 4. The molecule has 0 saturated carbocycles. The Hall–Kier alpha value is -1.21. The first-order valence-electron chi connectivity index (χ1n) is 5.19. The molecule has 20 heavy (non-hydrogen) atoms. The SMILES string of the molecule is O=COc1cc(C(=O)O)cc(C(=O)O)c1.[3H][B]C.[Cl][Fe][Cl]. The summed E-state index contributed by atoms with van der Waals surface area (Å²) in [5.41, 5.74) is -0.515. The van der Waals surface area contributed by atoms with E-state index in [2.05, 4.69) is 4.74 Å². The molecule has 1 radical (unpaired) electrons. The number of carbonyl (C=O) groups is 3. The van der Waals surface area contributed by atoms with E-state index in [0.29, 0.717) is 0 Å². The van der Waals surface area contributed by atoms with E-state index >= 15 is 0 Å². The number of aromatic carboxylic acids is 2. The van der Waals surface area contributed by atoms with Crippen molar-refractivity contribution in [3.63, 3.8) is 0 Å². The van der Waals surface area contributed by atoms with E-state index in [4.69, 9.17) is 31.7 Å². The van der Waals surface area contributed by atoms with Gasteiger partial charge in [0.25, 0.3) is 6.47 Å². The standard InChI is InChI=1S/C9H6O6.CH4B.2ClH.Fe/c10-4-15-7-2-5(8(11)12)1-6(3-7)9(13)14;1-2;;;/h1-4H,(H,11,12)(H,13,14);2H,1H3;2*1H;/q;;;;+2/p-2/i;2T;;;. The van der Waals surface area contributed by atoms with Crippen LogP contribution in [0.1, 0.15) is 20.7 Å². The number of hydrogen-bond acceptors (Lipinski definition) is 4. The van der Waals surface area contributed by atoms with Crippen LogP contribution in [0.4, 0.5) is 0 Å². The molecule has 0 amide bonds. The number of hydrogen-bond donors (Lipinski definition) is 2. The van der Waals surface area contributed by atoms with Crippen molar-refractivity contribution in [3.8, 4) is 5.75 Å². The minimum atomic E-state index is -1.30. The van der Waals surface area contributed by atoms with Crippen LogP contribution in [0, 0.1) is 0 Å². The van der Waals surface area contributed by atoms with Crippen LogP contribution in [0.15, 0.2) is 18.2 Å². The van der Waals surface area contributed by atoms with E-state index in [1.807, 2.05) is 0 Å². The predicted molar refractivity (Wildman–Crippen MR) is 71.8 cm³/mol. The van der Waals surface area contributed by atoms with Crippen molar-refractivity contribution < 1.29 is 42.5 Å². The fourth-order valence-corrected chi connectivity index (χ4v) is 0.970. The van der Waals surface area contributed by atoms with Gasteiger partial charge in [0.05, 0.1) is 18.9 Å². The monoisotopic (exact) mass is 365 g/mol. The van der Waals surface area contributed by atoms with Gasteiger partial charge >= 0.3 is 45.3 Å². The summed E-state index contributed by atoms with van der Waals surface area (Å²) in [4.78, 5) is 31.2. The Bertz CT molecular complexity index is 443. The minimum absolute atomic E-state index is 0.0899. The molecule has 0 spiro atoms. The third kappa shape index (κ3) is 8.82. The summed E-state index contributed by atoms with van der Waals surface area (Å²) in [6.07, 6.45) is 0. The van der Waals surface area contributed by atoms with Gasteiger partial charge in [-0.3, -0.25) is 4.79 Å². The Balaban J connectivity index is 0. The van der Waals surface area contributed by atoms with Gasteiger partial charge in [0, 0.05) is 0 Å². The van der Waals surface area contributed by atoms with Gasteiger partial charge in [-0.2, -0.15) is 0 Å². The number of halogens is 2. The molecule has 0 aromatic heterocycles. The van der Waals surface area contributed by atoms with Crippen LogP contribution < -0.4 is 4.74 Å². The fraction of sp³-hybridized carbons (Fsp3) is 0.100. The second kappa shape index (κ2) is 12.8. The van der Waals surface area contributed by atoms with Crippen molar-refractivity contribution in [2.75, 3.05) is 0 Å². The Morgan fingerprint density at radius 2 is 1.65 bits per heavy atom. The first-order valence-corrected chi connectivity index (χ1v) is 7.65. The fourth-order valence-electron chi connectivity index (χ4n) is 0.970. The van der Waals surface area contributed by atoms with Gasteiger partial charge in [0.15, 0.2) is 0 Å². The molecular weight excluding hydrogens is 354 g/mol. The van der Waals surface area contributed by atoms with E-state index in [1.165, 1.54) is 7.81 Å². The first kappa shape index (κ1) is 18.8. The van der Waals surface area contributed by atoms with Crippen LogP contribution in [-0.4, -0.2) is 37.8 Å². The molecule has 1 aromatic carbocycles. The van der Waals surface area contributed by atoms with Crippen molar-refractivity contribution in [1.82, 2.24) is 0 Å². The van der Waals surface area contributed by atoms with Gasteiger partial charge in [-0.1, -0.05) is 6.82 Å². The third-order valence-electron chi connectivity index (χ3n) is 1.58. The average Bonchev–Trinajstić information content (AvgIpc) is 2.40. The molecule has 0 aliphatic heterocycles. The van der Waals surface area contributed by atoms with Crippen molar-refractivity contribution >= 4 is 46.4 Å². The summed E-state index contributed by atoms with van der Waals surface area (Å²) < 4.78 is 10.5. The van der Waals surface area contributed by atoms with Crippen LogP contribution in [0.3, 0.4) is 0 Å². The number of benzene rings is 1. The summed E-state index contributed by atoms with van der Waals surface area (Å²) in [5, 5.41) is 17.3. The summed E-state index contributed by atoms with van der Waals surface area (Å²) in [5.74, 6) is -2.72. The number of ether oxygens (including phenoxy) is 1. The van der Waals surface area contributed by atoms with E-state index < -0.39 is 11.9 Å². The second-order valence-corrected chi connectivity index (χ2v) is 4.44. The quantitative estimate of drug-likeness (QED) is 0.624. The van der Waals surface area contributed by atoms with Crippen LogP contribution in [0.2, 0.25) is 6.82 Å². The topological polar surface area (TPSA) is 101 Å². The van der Waals surface area contributed by atoms with E-state index in [0.717, 1.165) is 18.2 Å². The molecule has 111 valence electrons. The normalized spacial score (nSPS) is 8.85. The molecule has 0 saturated heterocycles. The van der Waals surface area contributed by atoms with E-state index in [-0.39, 0.29) is 36.5 Å². The van der Waals surface area contributed by atoms with Crippen molar-refractivity contribution in [1.29, 1.82) is 1.34 Å². The number of carboxylic acids is 2. The van der Waals surface area contributed by atoms with Crippen LogP contribution in [0.25, 0.3) is 0 Å². The van der Waals surface area contributed by atoms with Gasteiger partial charge < -0.3 is 14.9 Å². The Labute approximate surface area is 132 Å². The van der Waals surface area contributed by atoms with Crippen LogP contribution >= 0.6 is 20.2 Å². The van der Waals surface area contributed by atoms with Gasteiger partial charge in [-0.15, -0.1) is 0 Å². The molecular formula is C10H10BCl2FeO6. The Morgan fingerprint density at radius 1 is 1.30 bits per heavy atom. The Morgan fingerprint density at radius 3 is 1.90 bits per heavy atom. The molecule has 10 heteroatoms. The molecule has 0 bridgehead atoms. The summed E-state index contributed by atoms with van der Waals surface area (Å²) in [6, 6.07) is 3.09. The predicted octanol–water partition coefficient (Wildman–Crippen LogP) is 1.93. The van der Waals surface area contributed by atoms with E-state index in [9.17, 15) is 14.4 Å². The summed E-state index contributed by atoms with van der Waals surface area (Å²) in [7, 11) is 10.8. The first-order chi connectivity index (χ1) is 9.87. The summed E-state index contributed by atoms with van der Waals surface area (Å²) >= 11 is 0.194. The molecule has 1 aromatic rings. The molecule has 6 nitrogen and oxygen atoms in total. The molecule has 0 aliphatic carbocycles. The number of carbonyl (C=O) groups excluding carboxylic acids is 1. The third-order valence-corrected chi connectivity index (χ3v) is 1.58. The van der Waals surface area contributed by atoms with Gasteiger partial charge in [-0.25, -0.2) is 9.59 Å². The van der Waals surface area contributed by atoms with Crippen molar-refractivity contribution in [2.24, 2.45) is 0 Å². The molecule has 0 unspecified atom stereocenters. The van der Waals surface area contributed by atoms with Crippen molar-refractivity contribution in [3.05, 3.63) is 29.3 Å².